The summed E-state index contributed by atoms with van der Waals surface area (Å²) in [5.41, 5.74) is -2.21. The average Bonchev–Trinajstić information content (AvgIpc) is 2.72. The Hall–Kier alpha value is -0.0952. The number of ether oxygens (including phenoxy) is 1. The van der Waals surface area contributed by atoms with Crippen LogP contribution in [0.15, 0.2) is 17.0 Å². The van der Waals surface area contributed by atoms with Crippen molar-refractivity contribution in [3.8, 4) is 0 Å². The van der Waals surface area contributed by atoms with Crippen LogP contribution in [0.4, 0.5) is 5.82 Å². The summed E-state index contributed by atoms with van der Waals surface area (Å²) in [6.45, 7) is -4.30. The maximum Gasteiger partial charge on any atom is 1.00 e. The molecule has 1 aromatic heterocycles. The van der Waals surface area contributed by atoms with Crippen molar-refractivity contribution in [3.05, 3.63) is 22.7 Å². The summed E-state index contributed by atoms with van der Waals surface area (Å²) in [6.07, 6.45) is -17.6. The van der Waals surface area contributed by atoms with Gasteiger partial charge in [0.25, 0.3) is 0 Å². The fourth-order valence-corrected chi connectivity index (χ4v) is 1.24. The maximum atomic E-state index is 12.4. The van der Waals surface area contributed by atoms with Crippen LogP contribution in [0.1, 0.15) is 24.9 Å². The summed E-state index contributed by atoms with van der Waals surface area (Å²) < 4.78 is 111. The Morgan fingerprint density at radius 1 is 1.86 bits per heavy atom. The molecule has 1 aliphatic rings. The van der Waals surface area contributed by atoms with E-state index in [4.69, 9.17) is 16.6 Å². The molecule has 1 aliphatic heterocycles. The minimum absolute atomic E-state index is 0. The Morgan fingerprint density at radius 2 is 2.59 bits per heavy atom. The molecule has 112 valence electrons. The molecule has 13 heteroatoms. The third-order valence-electron chi connectivity index (χ3n) is 1.75. The van der Waals surface area contributed by atoms with Crippen LogP contribution in [-0.4, -0.2) is 34.8 Å². The van der Waals surface area contributed by atoms with E-state index in [0.717, 1.165) is 0 Å². The Balaban J connectivity index is 0.00000544. The first-order valence-electron chi connectivity index (χ1n) is 10.4. The largest absolute Gasteiger partial charge is 1.00 e. The van der Waals surface area contributed by atoms with E-state index < -0.39 is 67.4 Å². The fraction of sp³-hybridized carbons (Fsp3) is 0.556. The summed E-state index contributed by atoms with van der Waals surface area (Å²) in [4.78, 5) is 37.3. The maximum absolute atomic E-state index is 12.4. The van der Waals surface area contributed by atoms with Crippen molar-refractivity contribution in [1.82, 2.24) is 9.55 Å². The molecule has 2 rings (SSSR count). The predicted octanol–water partition coefficient (Wildman–Crippen LogP) is -8.67. The van der Waals surface area contributed by atoms with Crippen LogP contribution in [0.5, 0.6) is 0 Å². The van der Waals surface area contributed by atoms with Gasteiger partial charge < -0.3 is 34.4 Å². The molecular formula is C9H12Li2N3O7P. The van der Waals surface area contributed by atoms with Gasteiger partial charge in [-0.3, -0.25) is 4.57 Å². The average molecular weight is 334 g/mol. The van der Waals surface area contributed by atoms with Gasteiger partial charge in [0.15, 0.2) is 2.82 Å². The zero-order chi connectivity index (χ0) is 25.3. The van der Waals surface area contributed by atoms with Crippen LogP contribution < -0.4 is 58.9 Å². The number of nitrogens with zero attached hydrogens (tertiary/aromatic N) is 2. The first-order chi connectivity index (χ1) is 14.1. The van der Waals surface area contributed by atoms with Crippen LogP contribution in [0, 0.1) is 0 Å². The zero-order valence-electron chi connectivity index (χ0n) is 23.1. The Labute approximate surface area is 166 Å². The van der Waals surface area contributed by atoms with Crippen molar-refractivity contribution in [2.24, 2.45) is 0 Å². The molecule has 3 atom stereocenters. The van der Waals surface area contributed by atoms with Crippen molar-refractivity contribution >= 4 is 13.6 Å². The van der Waals surface area contributed by atoms with E-state index >= 15 is 0 Å². The fourth-order valence-electron chi connectivity index (χ4n) is 1.05. The molecule has 3 N–H and O–H groups in total. The number of phosphoric acid groups is 1. The van der Waals surface area contributed by atoms with E-state index in [9.17, 15) is 19.1 Å². The third-order valence-corrected chi connectivity index (χ3v) is 2.07. The molecule has 0 radical (unpaired) electrons. The monoisotopic (exact) mass is 334 g/mol. The number of anilines is 1. The number of nitrogen functional groups attached to an aromatic ring is 1. The Morgan fingerprint density at radius 3 is 3.18 bits per heavy atom. The molecule has 0 spiro atoms. The number of rotatable bonds is 6. The summed E-state index contributed by atoms with van der Waals surface area (Å²) in [6, 6.07) is -1.21. The van der Waals surface area contributed by atoms with Crippen molar-refractivity contribution < 1.29 is 81.6 Å². The number of phosphoric ester groups is 1. The molecule has 0 unspecified atom stereocenters. The minimum atomic E-state index is -6.30. The molecule has 0 saturated carbocycles. The summed E-state index contributed by atoms with van der Waals surface area (Å²) in [5.74, 6) is -1.05. The SMILES string of the molecule is [2H]O[C@@]1([2H])C([2H])([2H])[C@]([2H])([15n]2c([2H])c([2H])c([15N]([2H])[2H])[15n]c2=O)O[C@]1([2H])C([2H])([2H])OP(=O)([O-])[O-].[Li+].[Li+]. The van der Waals surface area contributed by atoms with Crippen LogP contribution in [0.25, 0.3) is 0 Å². The smallest absolute Gasteiger partial charge is 0.790 e. The number of aliphatic hydroxyl groups is 1. The second-order valence-corrected chi connectivity index (χ2v) is 4.20. The molecule has 1 saturated heterocycles. The van der Waals surface area contributed by atoms with Crippen LogP contribution in [0.2, 0.25) is 2.82 Å². The molecule has 1 fully saturated rings. The number of nitrogens with two attached hydrogens (primary N) is 1. The van der Waals surface area contributed by atoms with Gasteiger partial charge in [-0.15, -0.1) is 0 Å². The first kappa shape index (κ1) is 8.84. The molecule has 0 amide bonds. The van der Waals surface area contributed by atoms with E-state index in [-0.39, 0.29) is 43.4 Å². The van der Waals surface area contributed by atoms with E-state index in [2.05, 4.69) is 19.4 Å². The van der Waals surface area contributed by atoms with Gasteiger partial charge >= 0.3 is 43.4 Å². The summed E-state index contributed by atoms with van der Waals surface area (Å²) in [7, 11) is -6.30. The van der Waals surface area contributed by atoms with Gasteiger partial charge in [0.05, 0.1) is 30.1 Å². The van der Waals surface area contributed by atoms with Crippen molar-refractivity contribution in [2.75, 3.05) is 12.3 Å². The van der Waals surface area contributed by atoms with E-state index in [1.54, 1.807) is 0 Å². The molecule has 2 heterocycles. The third kappa shape index (κ3) is 5.84. The van der Waals surface area contributed by atoms with Crippen LogP contribution in [0.3, 0.4) is 0 Å². The standard InChI is InChI=1S/C9H14N3O7P.2Li/c10-7-1-2-12(9(14)11-7)8-3-5(13)6(19-8)4-18-20(15,16)17;;/h1-2,5-6,8,13H,3-4H2,(H2,10,11,14)(H2,15,16,17);;/q;2*+1/p-2/t5-,6+,8+;;/m0../s1/i1D,2D,3D2,4D2,5D,6D,8D,10+1,11+1,12+1,13D;;/hD2. The summed E-state index contributed by atoms with van der Waals surface area (Å²) >= 11 is 0. The topological polar surface area (TPSA) is 163 Å². The van der Waals surface area contributed by atoms with Gasteiger partial charge in [0.1, 0.15) is 18.1 Å². The molecular weight excluding hydrogens is 310 g/mol. The predicted molar refractivity (Wildman–Crippen MR) is 61.0 cm³/mol. The summed E-state index contributed by atoms with van der Waals surface area (Å²) in [5, 5.41) is 3.80. The molecule has 0 aromatic carbocycles. The van der Waals surface area contributed by atoms with Gasteiger partial charge in [-0.05, 0) is 6.04 Å². The molecule has 10 nitrogen and oxygen atoms in total. The van der Waals surface area contributed by atoms with Gasteiger partial charge in [-0.25, -0.2) is 4.79 Å². The molecule has 0 bridgehead atoms. The van der Waals surface area contributed by atoms with Crippen molar-refractivity contribution in [2.45, 2.75) is 24.7 Å². The number of aromatic nitrogens is 2. The van der Waals surface area contributed by atoms with E-state index in [1.165, 1.54) is 0 Å². The quantitative estimate of drug-likeness (QED) is 0.292. The van der Waals surface area contributed by atoms with Gasteiger partial charge in [-0.1, -0.05) is 0 Å². The molecule has 1 aromatic rings. The zero-order valence-corrected chi connectivity index (χ0v) is 12.0. The van der Waals surface area contributed by atoms with Crippen molar-refractivity contribution in [3.63, 3.8) is 0 Å². The molecule has 0 aliphatic carbocycles. The van der Waals surface area contributed by atoms with Crippen LogP contribution >= 0.6 is 7.82 Å². The number of hydrogen-bond acceptors (Lipinski definition) is 9. The normalized spacial score (nSPS) is 45.0. The first-order valence-corrected chi connectivity index (χ1v) is 6.05. The molecule has 22 heavy (non-hydrogen) atoms. The van der Waals surface area contributed by atoms with Crippen LogP contribution in [-0.2, 0) is 13.8 Å². The van der Waals surface area contributed by atoms with Crippen molar-refractivity contribution in [1.29, 1.82) is 1.43 Å². The van der Waals surface area contributed by atoms with Gasteiger partial charge in [0.2, 0.25) is 1.43 Å². The Bertz CT molecular complexity index is 1050. The second-order valence-electron chi connectivity index (χ2n) is 3.12. The van der Waals surface area contributed by atoms with Gasteiger partial charge in [0, 0.05) is 15.3 Å². The minimum Gasteiger partial charge on any atom is -0.790 e. The van der Waals surface area contributed by atoms with E-state index in [0.29, 0.717) is 0 Å². The van der Waals surface area contributed by atoms with Gasteiger partial charge in [-0.2, -0.15) is 4.98 Å². The second kappa shape index (κ2) is 8.67. The van der Waals surface area contributed by atoms with E-state index in [1.807, 2.05) is 0 Å². The Kier molecular flexibility index (Phi) is 3.48. The number of hydrogen-bond donors (Lipinski definition) is 2.